The first-order chi connectivity index (χ1) is 22.0. The molecule has 0 radical (unpaired) electrons. The number of nitrogens with one attached hydrogen (secondary N) is 2. The molecule has 260 valence electrons. The number of fused-ring (bicyclic) bond motifs is 1. The van der Waals surface area contributed by atoms with Crippen LogP contribution >= 0.6 is 0 Å². The van der Waals surface area contributed by atoms with Crippen LogP contribution in [0.1, 0.15) is 95.3 Å². The first-order valence-electron chi connectivity index (χ1n) is 17.3. The summed E-state index contributed by atoms with van der Waals surface area (Å²) in [7, 11) is 5.81. The van der Waals surface area contributed by atoms with E-state index >= 15 is 0 Å². The van der Waals surface area contributed by atoms with E-state index in [1.54, 1.807) is 28.0 Å². The molecule has 1 aromatic carbocycles. The number of ether oxygens (including phenoxy) is 2. The van der Waals surface area contributed by atoms with E-state index in [1.165, 1.54) is 6.42 Å². The molecule has 1 fully saturated rings. The molecule has 46 heavy (non-hydrogen) atoms. The van der Waals surface area contributed by atoms with Crippen molar-refractivity contribution in [3.05, 3.63) is 23.8 Å². The van der Waals surface area contributed by atoms with E-state index in [4.69, 9.17) is 9.47 Å². The van der Waals surface area contributed by atoms with Crippen molar-refractivity contribution in [1.29, 1.82) is 0 Å². The van der Waals surface area contributed by atoms with E-state index in [-0.39, 0.29) is 48.6 Å². The molecule has 3 rings (SSSR count). The van der Waals surface area contributed by atoms with Crippen LogP contribution in [0.2, 0.25) is 0 Å². The van der Waals surface area contributed by atoms with Gasteiger partial charge in [-0.05, 0) is 91.2 Å². The normalized spacial score (nSPS) is 22.7. The van der Waals surface area contributed by atoms with Gasteiger partial charge < -0.3 is 39.9 Å². The second-order valence-electron chi connectivity index (χ2n) is 13.6. The number of aliphatic hydroxyl groups is 1. The minimum Gasteiger partial charge on any atom is -0.490 e. The summed E-state index contributed by atoms with van der Waals surface area (Å²) in [6.07, 6.45) is 8.69. The summed E-state index contributed by atoms with van der Waals surface area (Å²) >= 11 is 0. The number of benzene rings is 1. The molecular weight excluding hydrogens is 586 g/mol. The Hall–Kier alpha value is -2.89. The maximum atomic E-state index is 14.3. The quantitative estimate of drug-likeness (QED) is 0.336. The molecule has 4 atom stereocenters. The lowest BCUT2D eigenvalue weighted by Crippen LogP contribution is -2.48. The van der Waals surface area contributed by atoms with Gasteiger partial charge in [-0.1, -0.05) is 26.2 Å². The first kappa shape index (κ1) is 37.6. The second-order valence-corrected chi connectivity index (χ2v) is 13.6. The average Bonchev–Trinajstić information content (AvgIpc) is 3.02. The smallest absolute Gasteiger partial charge is 0.319 e. The topological polar surface area (TPSA) is 124 Å². The summed E-state index contributed by atoms with van der Waals surface area (Å²) < 4.78 is 12.7. The first-order valence-corrected chi connectivity index (χ1v) is 17.3. The fraction of sp³-hybridized carbons (Fsp3) is 0.743. The van der Waals surface area contributed by atoms with Gasteiger partial charge in [0.1, 0.15) is 5.75 Å². The van der Waals surface area contributed by atoms with Crippen LogP contribution in [0.15, 0.2) is 18.2 Å². The van der Waals surface area contributed by atoms with E-state index in [0.717, 1.165) is 57.9 Å². The van der Waals surface area contributed by atoms with Crippen LogP contribution in [0.4, 0.5) is 10.5 Å². The van der Waals surface area contributed by atoms with E-state index in [0.29, 0.717) is 43.1 Å². The van der Waals surface area contributed by atoms with Gasteiger partial charge in [0.15, 0.2) is 0 Å². The van der Waals surface area contributed by atoms with Crippen LogP contribution < -0.4 is 15.4 Å². The molecule has 1 heterocycles. The van der Waals surface area contributed by atoms with Crippen LogP contribution in [0.5, 0.6) is 5.75 Å². The van der Waals surface area contributed by atoms with Crippen LogP contribution in [0, 0.1) is 5.92 Å². The van der Waals surface area contributed by atoms with Gasteiger partial charge in [0.05, 0.1) is 30.4 Å². The van der Waals surface area contributed by atoms with E-state index in [1.807, 2.05) is 41.9 Å². The number of likely N-dealkylation sites (N-methyl/N-ethyl adjacent to an activating group) is 1. The Labute approximate surface area is 276 Å². The molecular formula is C35H59N5O6. The Morgan fingerprint density at radius 3 is 2.48 bits per heavy atom. The Morgan fingerprint density at radius 2 is 1.78 bits per heavy atom. The molecule has 3 N–H and O–H groups in total. The largest absolute Gasteiger partial charge is 0.490 e. The van der Waals surface area contributed by atoms with Crippen LogP contribution in [0.3, 0.4) is 0 Å². The predicted molar refractivity (Wildman–Crippen MR) is 181 cm³/mol. The van der Waals surface area contributed by atoms with Crippen LogP contribution in [0.25, 0.3) is 0 Å². The molecule has 11 heteroatoms. The maximum Gasteiger partial charge on any atom is 0.319 e. The number of hydrogen-bond acceptors (Lipinski definition) is 7. The van der Waals surface area contributed by atoms with Crippen molar-refractivity contribution in [2.45, 2.75) is 109 Å². The Kier molecular flexibility index (Phi) is 15.6. The Morgan fingerprint density at radius 1 is 1.07 bits per heavy atom. The van der Waals surface area contributed by atoms with Crippen molar-refractivity contribution < 1.29 is 29.0 Å². The summed E-state index contributed by atoms with van der Waals surface area (Å²) in [5.41, 5.74) is 0.829. The molecule has 1 saturated carbocycles. The summed E-state index contributed by atoms with van der Waals surface area (Å²) in [6, 6.07) is 4.57. The lowest BCUT2D eigenvalue weighted by Gasteiger charge is -2.36. The van der Waals surface area contributed by atoms with E-state index in [2.05, 4.69) is 15.5 Å². The monoisotopic (exact) mass is 645 g/mol. The van der Waals surface area contributed by atoms with Crippen molar-refractivity contribution in [2.24, 2.45) is 5.92 Å². The summed E-state index contributed by atoms with van der Waals surface area (Å²) in [6.45, 7) is 7.72. The van der Waals surface area contributed by atoms with Gasteiger partial charge in [0.25, 0.3) is 5.91 Å². The zero-order valence-corrected chi connectivity index (χ0v) is 29.1. The number of hydrogen-bond donors (Lipinski definition) is 3. The van der Waals surface area contributed by atoms with Gasteiger partial charge in [-0.2, -0.15) is 0 Å². The van der Waals surface area contributed by atoms with E-state index < -0.39 is 6.04 Å². The van der Waals surface area contributed by atoms with Gasteiger partial charge in [-0.3, -0.25) is 9.59 Å². The molecule has 1 aliphatic heterocycles. The molecule has 0 bridgehead atoms. The molecule has 4 amide bonds. The Bertz CT molecular complexity index is 1110. The number of carbonyl (C=O) groups is 3. The molecule has 0 unspecified atom stereocenters. The van der Waals surface area contributed by atoms with Crippen LogP contribution in [-0.4, -0.2) is 116 Å². The highest BCUT2D eigenvalue weighted by molar-refractivity contribution is 5.99. The third-order valence-corrected chi connectivity index (χ3v) is 9.13. The molecule has 2 aliphatic rings. The maximum absolute atomic E-state index is 14.3. The van der Waals surface area contributed by atoms with Crippen molar-refractivity contribution in [2.75, 3.05) is 59.3 Å². The molecule has 11 nitrogen and oxygen atoms in total. The SMILES string of the molecule is C[C@@H]1CCCCO[C@H](CN(C)C(=O)CCCN(C)C)[C@@H](C)CN([C@H](C)CO)C(=O)c2cc(NC(=O)NC3CCCCC3)ccc2O1. The van der Waals surface area contributed by atoms with Gasteiger partial charge >= 0.3 is 6.03 Å². The zero-order valence-electron chi connectivity index (χ0n) is 29.1. The van der Waals surface area contributed by atoms with Gasteiger partial charge in [-0.15, -0.1) is 0 Å². The number of amides is 4. The minimum absolute atomic E-state index is 0.0705. The van der Waals surface area contributed by atoms with Crippen molar-refractivity contribution >= 4 is 23.5 Å². The number of urea groups is 1. The van der Waals surface area contributed by atoms with Gasteiger partial charge in [0.2, 0.25) is 5.91 Å². The molecule has 1 aliphatic carbocycles. The third kappa shape index (κ3) is 12.0. The number of rotatable bonds is 10. The minimum atomic E-state index is -0.481. The highest BCUT2D eigenvalue weighted by Crippen LogP contribution is 2.29. The third-order valence-electron chi connectivity index (χ3n) is 9.13. The van der Waals surface area contributed by atoms with E-state index in [9.17, 15) is 19.5 Å². The number of nitrogens with zero attached hydrogens (tertiary/aromatic N) is 3. The van der Waals surface area contributed by atoms with Crippen molar-refractivity contribution in [3.63, 3.8) is 0 Å². The molecule has 1 aromatic rings. The summed E-state index contributed by atoms with van der Waals surface area (Å²) in [5.74, 6) is 0.0901. The average molecular weight is 646 g/mol. The molecule has 0 spiro atoms. The molecule has 0 saturated heterocycles. The van der Waals surface area contributed by atoms with Gasteiger partial charge in [0, 0.05) is 50.8 Å². The molecule has 0 aromatic heterocycles. The Balaban J connectivity index is 1.84. The fourth-order valence-electron chi connectivity index (χ4n) is 6.17. The number of carbonyl (C=O) groups excluding carboxylic acids is 3. The van der Waals surface area contributed by atoms with Crippen molar-refractivity contribution in [1.82, 2.24) is 20.0 Å². The lowest BCUT2D eigenvalue weighted by molar-refractivity contribution is -0.132. The van der Waals surface area contributed by atoms with Crippen LogP contribution in [-0.2, 0) is 9.53 Å². The lowest BCUT2D eigenvalue weighted by atomic mass is 9.96. The highest BCUT2D eigenvalue weighted by atomic mass is 16.5. The fourth-order valence-corrected chi connectivity index (χ4v) is 6.17. The summed E-state index contributed by atoms with van der Waals surface area (Å²) in [4.78, 5) is 45.6. The zero-order chi connectivity index (χ0) is 33.6. The second kappa shape index (κ2) is 19.1. The highest BCUT2D eigenvalue weighted by Gasteiger charge is 2.31. The number of anilines is 1. The van der Waals surface area contributed by atoms with Gasteiger partial charge in [-0.25, -0.2) is 4.79 Å². The number of aliphatic hydroxyl groups excluding tert-OH is 1. The predicted octanol–water partition coefficient (Wildman–Crippen LogP) is 4.74. The standard InChI is InChI=1S/C35H59N5O6/c1-25-22-40(26(2)24-41)34(43)30-21-29(37-35(44)36-28-14-8-7-9-15-28)17-18-31(30)46-27(3)13-10-11-20-45-32(25)23-39(6)33(42)16-12-19-38(4)5/h17-18,21,25-28,32,41H,7-16,19-20,22-24H2,1-6H3,(H2,36,37,44)/t25-,26+,27+,32+/m0/s1. The summed E-state index contributed by atoms with van der Waals surface area (Å²) in [5, 5.41) is 16.2. The van der Waals surface area contributed by atoms with Crippen molar-refractivity contribution in [3.8, 4) is 5.75 Å².